The number of likely N-dealkylation sites (tertiary alicyclic amines) is 1. The first-order chi connectivity index (χ1) is 11.6. The van der Waals surface area contributed by atoms with Crippen molar-refractivity contribution in [3.05, 3.63) is 28.7 Å². The third-order valence-corrected chi connectivity index (χ3v) is 5.63. The Labute approximate surface area is 163 Å². The topological polar surface area (TPSA) is 61.4 Å². The van der Waals surface area contributed by atoms with E-state index in [1.54, 1.807) is 0 Å². The molecule has 25 heavy (non-hydrogen) atoms. The first-order valence-electron chi connectivity index (χ1n) is 8.70. The van der Waals surface area contributed by atoms with E-state index in [1.807, 2.05) is 29.2 Å². The van der Waals surface area contributed by atoms with Crippen LogP contribution in [-0.2, 0) is 9.59 Å². The number of piperidine rings is 1. The molecule has 5 nitrogen and oxygen atoms in total. The number of carbonyl (C=O) groups excluding carboxylic acids is 2. The molecular weight excluding hydrogens is 406 g/mol. The van der Waals surface area contributed by atoms with Gasteiger partial charge in [0.2, 0.25) is 11.8 Å². The lowest BCUT2D eigenvalue weighted by Gasteiger charge is -2.32. The highest BCUT2D eigenvalue weighted by molar-refractivity contribution is 9.10. The van der Waals surface area contributed by atoms with Crippen molar-refractivity contribution in [1.29, 1.82) is 0 Å². The fourth-order valence-corrected chi connectivity index (χ4v) is 3.84. The summed E-state index contributed by atoms with van der Waals surface area (Å²) in [5.41, 5.74) is 0.799. The van der Waals surface area contributed by atoms with Gasteiger partial charge < -0.3 is 15.5 Å². The molecule has 0 spiro atoms. The smallest absolute Gasteiger partial charge is 0.227 e. The van der Waals surface area contributed by atoms with Crippen LogP contribution < -0.4 is 10.6 Å². The predicted molar refractivity (Wildman–Crippen MR) is 105 cm³/mol. The van der Waals surface area contributed by atoms with E-state index in [1.165, 1.54) is 0 Å². The van der Waals surface area contributed by atoms with Crippen LogP contribution >= 0.6 is 28.3 Å². The molecule has 0 saturated carbocycles. The summed E-state index contributed by atoms with van der Waals surface area (Å²) in [6.45, 7) is 2.38. The average molecular weight is 431 g/mol. The fraction of sp³-hybridized carbons (Fsp3) is 0.556. The van der Waals surface area contributed by atoms with Gasteiger partial charge in [-0.25, -0.2) is 0 Å². The van der Waals surface area contributed by atoms with Crippen molar-refractivity contribution in [2.75, 3.05) is 25.0 Å². The van der Waals surface area contributed by atoms with Crippen LogP contribution in [0.3, 0.4) is 0 Å². The Kier molecular flexibility index (Phi) is 7.72. The van der Waals surface area contributed by atoms with E-state index >= 15 is 0 Å². The summed E-state index contributed by atoms with van der Waals surface area (Å²) in [6.07, 6.45) is 4.32. The molecule has 1 aromatic rings. The molecule has 0 bridgehead atoms. The molecule has 2 aliphatic heterocycles. The number of nitrogens with one attached hydrogen (secondary N) is 2. The van der Waals surface area contributed by atoms with Gasteiger partial charge in [-0.3, -0.25) is 9.59 Å². The molecule has 3 rings (SSSR count). The molecule has 0 radical (unpaired) electrons. The van der Waals surface area contributed by atoms with Gasteiger partial charge in [-0.15, -0.1) is 12.4 Å². The standard InChI is InChI=1S/C18H24BrN3O2.ClH/c19-15-5-1-2-6-16(15)21-18(24)13-7-10-22(11-8-13)17(23)12-14-4-3-9-20-14;/h1-2,5-6,13-14,20H,3-4,7-12H2,(H,21,24);1H. The third-order valence-electron chi connectivity index (χ3n) is 4.93. The van der Waals surface area contributed by atoms with Crippen LogP contribution in [0.25, 0.3) is 0 Å². The normalized spacial score (nSPS) is 20.8. The van der Waals surface area contributed by atoms with Crippen LogP contribution in [0, 0.1) is 5.92 Å². The van der Waals surface area contributed by atoms with E-state index in [0.29, 0.717) is 25.6 Å². The maximum Gasteiger partial charge on any atom is 0.227 e. The van der Waals surface area contributed by atoms with Crippen molar-refractivity contribution in [3.8, 4) is 0 Å². The number of rotatable bonds is 4. The third kappa shape index (κ3) is 5.43. The highest BCUT2D eigenvalue weighted by Crippen LogP contribution is 2.25. The molecule has 2 N–H and O–H groups in total. The van der Waals surface area contributed by atoms with Gasteiger partial charge in [0, 0.05) is 35.9 Å². The van der Waals surface area contributed by atoms with Gasteiger partial charge in [-0.1, -0.05) is 12.1 Å². The summed E-state index contributed by atoms with van der Waals surface area (Å²) in [6, 6.07) is 7.96. The van der Waals surface area contributed by atoms with Crippen LogP contribution in [-0.4, -0.2) is 42.4 Å². The van der Waals surface area contributed by atoms with Gasteiger partial charge in [-0.2, -0.15) is 0 Å². The lowest BCUT2D eigenvalue weighted by molar-refractivity contribution is -0.134. The predicted octanol–water partition coefficient (Wildman–Crippen LogP) is 3.19. The van der Waals surface area contributed by atoms with Crippen LogP contribution in [0.2, 0.25) is 0 Å². The van der Waals surface area contributed by atoms with E-state index in [9.17, 15) is 9.59 Å². The molecule has 1 aromatic carbocycles. The van der Waals surface area contributed by atoms with Gasteiger partial charge in [0.25, 0.3) is 0 Å². The summed E-state index contributed by atoms with van der Waals surface area (Å²) in [4.78, 5) is 26.7. The van der Waals surface area contributed by atoms with Gasteiger partial charge in [0.15, 0.2) is 0 Å². The summed E-state index contributed by atoms with van der Waals surface area (Å²) in [5.74, 6) is 0.247. The first-order valence-corrected chi connectivity index (χ1v) is 9.49. The zero-order valence-electron chi connectivity index (χ0n) is 14.2. The zero-order valence-corrected chi connectivity index (χ0v) is 16.6. The number of amides is 2. The second-order valence-electron chi connectivity index (χ2n) is 6.62. The second-order valence-corrected chi connectivity index (χ2v) is 7.48. The Morgan fingerprint density at radius 1 is 1.20 bits per heavy atom. The maximum absolute atomic E-state index is 12.4. The van der Waals surface area contributed by atoms with Crippen LogP contribution in [0.1, 0.15) is 32.1 Å². The molecule has 2 fully saturated rings. The Balaban J connectivity index is 0.00000225. The molecule has 0 aliphatic carbocycles. The minimum atomic E-state index is -0.0224. The number of nitrogens with zero attached hydrogens (tertiary/aromatic N) is 1. The number of hydrogen-bond acceptors (Lipinski definition) is 3. The molecule has 2 aliphatic rings. The average Bonchev–Trinajstić information content (AvgIpc) is 3.10. The van der Waals surface area contributed by atoms with Crippen molar-refractivity contribution in [3.63, 3.8) is 0 Å². The Hall–Kier alpha value is -1.11. The first kappa shape index (κ1) is 20.2. The van der Waals surface area contributed by atoms with Crippen molar-refractivity contribution in [2.45, 2.75) is 38.1 Å². The van der Waals surface area contributed by atoms with Gasteiger partial charge >= 0.3 is 0 Å². The lowest BCUT2D eigenvalue weighted by Crippen LogP contribution is -2.43. The van der Waals surface area contributed by atoms with Crippen molar-refractivity contribution >= 4 is 45.8 Å². The van der Waals surface area contributed by atoms with Gasteiger partial charge in [-0.05, 0) is 60.3 Å². The van der Waals surface area contributed by atoms with E-state index in [4.69, 9.17) is 0 Å². The Bertz CT molecular complexity index is 600. The molecule has 2 saturated heterocycles. The zero-order chi connectivity index (χ0) is 16.9. The summed E-state index contributed by atoms with van der Waals surface area (Å²) < 4.78 is 0.884. The monoisotopic (exact) mass is 429 g/mol. The summed E-state index contributed by atoms with van der Waals surface area (Å²) >= 11 is 3.45. The lowest BCUT2D eigenvalue weighted by atomic mass is 9.95. The molecule has 2 heterocycles. The number of halogens is 2. The highest BCUT2D eigenvalue weighted by atomic mass is 79.9. The maximum atomic E-state index is 12.4. The number of anilines is 1. The molecule has 7 heteroatoms. The van der Waals surface area contributed by atoms with Crippen molar-refractivity contribution in [2.24, 2.45) is 5.92 Å². The number of carbonyl (C=O) groups is 2. The Morgan fingerprint density at radius 2 is 1.92 bits per heavy atom. The molecule has 1 atom stereocenters. The largest absolute Gasteiger partial charge is 0.343 e. The second kappa shape index (κ2) is 9.55. The molecule has 2 amide bonds. The molecule has 0 aromatic heterocycles. The van der Waals surface area contributed by atoms with Crippen LogP contribution in [0.5, 0.6) is 0 Å². The van der Waals surface area contributed by atoms with E-state index in [0.717, 1.165) is 42.4 Å². The van der Waals surface area contributed by atoms with Crippen molar-refractivity contribution in [1.82, 2.24) is 10.2 Å². The molecular formula is C18H25BrClN3O2. The summed E-state index contributed by atoms with van der Waals surface area (Å²) in [7, 11) is 0. The number of para-hydroxylation sites is 1. The fourth-order valence-electron chi connectivity index (χ4n) is 3.46. The SMILES string of the molecule is Cl.O=C(Nc1ccccc1Br)C1CCN(C(=O)CC2CCCN2)CC1. The summed E-state index contributed by atoms with van der Waals surface area (Å²) in [5, 5.41) is 6.35. The molecule has 1 unspecified atom stereocenters. The van der Waals surface area contributed by atoms with Crippen LogP contribution in [0.15, 0.2) is 28.7 Å². The van der Waals surface area contributed by atoms with E-state index in [2.05, 4.69) is 26.6 Å². The highest BCUT2D eigenvalue weighted by Gasteiger charge is 2.29. The number of hydrogen-bond donors (Lipinski definition) is 2. The number of benzene rings is 1. The quantitative estimate of drug-likeness (QED) is 0.771. The molecule has 138 valence electrons. The van der Waals surface area contributed by atoms with E-state index < -0.39 is 0 Å². The van der Waals surface area contributed by atoms with Crippen molar-refractivity contribution < 1.29 is 9.59 Å². The van der Waals surface area contributed by atoms with Crippen LogP contribution in [0.4, 0.5) is 5.69 Å². The minimum Gasteiger partial charge on any atom is -0.343 e. The van der Waals surface area contributed by atoms with Gasteiger partial charge in [0.1, 0.15) is 0 Å². The Morgan fingerprint density at radius 3 is 2.56 bits per heavy atom. The van der Waals surface area contributed by atoms with E-state index in [-0.39, 0.29) is 30.1 Å². The van der Waals surface area contributed by atoms with Gasteiger partial charge in [0.05, 0.1) is 5.69 Å². The minimum absolute atomic E-state index is 0.